The van der Waals surface area contributed by atoms with E-state index in [1.54, 1.807) is 0 Å². The summed E-state index contributed by atoms with van der Waals surface area (Å²) < 4.78 is 9.51. The van der Waals surface area contributed by atoms with Crippen LogP contribution in [0.3, 0.4) is 0 Å². The number of rotatable bonds is 6. The molecule has 0 bridgehead atoms. The first-order chi connectivity index (χ1) is 13.8. The Labute approximate surface area is 168 Å². The van der Waals surface area contributed by atoms with Crippen molar-refractivity contribution in [2.45, 2.75) is 60.4 Å². The number of carbonyl (C=O) groups is 2. The van der Waals surface area contributed by atoms with Gasteiger partial charge in [-0.1, -0.05) is 0 Å². The average molecular weight is 440 g/mol. The van der Waals surface area contributed by atoms with E-state index >= 15 is 0 Å². The molecule has 172 valence electrons. The van der Waals surface area contributed by atoms with Crippen molar-refractivity contribution >= 4 is 11.6 Å². The summed E-state index contributed by atoms with van der Waals surface area (Å²) in [5.41, 5.74) is 0. The Morgan fingerprint density at radius 1 is 0.667 bits per heavy atom. The zero-order valence-electron chi connectivity index (χ0n) is 15.3. The minimum absolute atomic E-state index is 0.282. The SMILES string of the molecule is O=C(/C=C\C(=O)C1(O)OC(CO)C(O)C(O)C1O)C1(O)OC(CO)C(O)C(O)C1O. The molecule has 30 heavy (non-hydrogen) atoms. The van der Waals surface area contributed by atoms with Gasteiger partial charge < -0.3 is 60.5 Å². The normalized spacial score (nSPS) is 47.4. The predicted molar refractivity (Wildman–Crippen MR) is 89.0 cm³/mol. The summed E-state index contributed by atoms with van der Waals surface area (Å²) in [6.07, 6.45) is -15.5. The first-order valence-electron chi connectivity index (χ1n) is 8.72. The van der Waals surface area contributed by atoms with E-state index in [-0.39, 0.29) is 12.2 Å². The van der Waals surface area contributed by atoms with Crippen LogP contribution in [0.2, 0.25) is 0 Å². The summed E-state index contributed by atoms with van der Waals surface area (Å²) in [4.78, 5) is 24.6. The third-order valence-electron chi connectivity index (χ3n) is 5.02. The summed E-state index contributed by atoms with van der Waals surface area (Å²) in [7, 11) is 0. The monoisotopic (exact) mass is 440 g/mol. The summed E-state index contributed by atoms with van der Waals surface area (Å²) in [6, 6.07) is 0. The Bertz CT molecular complexity index is 623. The highest BCUT2D eigenvalue weighted by Crippen LogP contribution is 2.31. The van der Waals surface area contributed by atoms with Crippen LogP contribution in [0.4, 0.5) is 0 Å². The van der Waals surface area contributed by atoms with Gasteiger partial charge in [0, 0.05) is 0 Å². The van der Waals surface area contributed by atoms with E-state index in [1.807, 2.05) is 0 Å². The molecular formula is C16H24O14. The molecule has 2 aliphatic heterocycles. The highest BCUT2D eigenvalue weighted by atomic mass is 16.7. The molecule has 14 heteroatoms. The van der Waals surface area contributed by atoms with Crippen molar-refractivity contribution in [2.24, 2.45) is 0 Å². The lowest BCUT2D eigenvalue weighted by Gasteiger charge is -2.44. The van der Waals surface area contributed by atoms with E-state index < -0.39 is 85.2 Å². The maximum Gasteiger partial charge on any atom is 0.260 e. The lowest BCUT2D eigenvalue weighted by molar-refractivity contribution is -0.329. The minimum atomic E-state index is -3.19. The van der Waals surface area contributed by atoms with Crippen LogP contribution in [-0.4, -0.2) is 136 Å². The fourth-order valence-electron chi connectivity index (χ4n) is 3.11. The van der Waals surface area contributed by atoms with Crippen LogP contribution >= 0.6 is 0 Å². The van der Waals surface area contributed by atoms with E-state index in [2.05, 4.69) is 0 Å². The lowest BCUT2D eigenvalue weighted by atomic mass is 9.88. The van der Waals surface area contributed by atoms with Crippen LogP contribution in [0.25, 0.3) is 0 Å². The fourth-order valence-corrected chi connectivity index (χ4v) is 3.11. The maximum absolute atomic E-state index is 12.3. The second-order valence-corrected chi connectivity index (χ2v) is 6.98. The smallest absolute Gasteiger partial charge is 0.260 e. The highest BCUT2D eigenvalue weighted by molar-refractivity contribution is 6.04. The second-order valence-electron chi connectivity index (χ2n) is 6.98. The molecular weight excluding hydrogens is 416 g/mol. The molecule has 0 aromatic carbocycles. The van der Waals surface area contributed by atoms with Crippen molar-refractivity contribution in [3.8, 4) is 0 Å². The molecule has 10 N–H and O–H groups in total. The van der Waals surface area contributed by atoms with Gasteiger partial charge in [-0.2, -0.15) is 0 Å². The Hall–Kier alpha value is -1.40. The molecule has 10 unspecified atom stereocenters. The Morgan fingerprint density at radius 3 is 1.23 bits per heavy atom. The number of hydrogen-bond acceptors (Lipinski definition) is 14. The molecule has 0 spiro atoms. The maximum atomic E-state index is 12.3. The van der Waals surface area contributed by atoms with Crippen LogP contribution < -0.4 is 0 Å². The zero-order chi connectivity index (χ0) is 23.0. The Balaban J connectivity index is 2.23. The van der Waals surface area contributed by atoms with Gasteiger partial charge in [0.2, 0.25) is 11.6 Å². The van der Waals surface area contributed by atoms with Crippen molar-refractivity contribution in [1.82, 2.24) is 0 Å². The van der Waals surface area contributed by atoms with Crippen LogP contribution in [0.5, 0.6) is 0 Å². The molecule has 0 radical (unpaired) electrons. The van der Waals surface area contributed by atoms with E-state index in [0.29, 0.717) is 0 Å². The summed E-state index contributed by atoms with van der Waals surface area (Å²) in [6.45, 7) is -1.91. The standard InChI is InChI=1S/C16H24O14/c17-3-5-9(21)11(23)13(25)15(27,29-5)7(19)1-2-8(20)16(28)14(26)12(24)10(22)6(4-18)30-16/h1-2,5-6,9-14,17-18,21-28H,3-4H2/b2-1-. The minimum Gasteiger partial charge on any atom is -0.394 e. The average Bonchev–Trinajstić information content (AvgIpc) is 2.73. The van der Waals surface area contributed by atoms with Crippen LogP contribution in [0.15, 0.2) is 12.2 Å². The summed E-state index contributed by atoms with van der Waals surface area (Å²) in [5.74, 6) is -9.50. The van der Waals surface area contributed by atoms with Crippen molar-refractivity contribution in [2.75, 3.05) is 13.2 Å². The van der Waals surface area contributed by atoms with Crippen molar-refractivity contribution < 1.29 is 70.1 Å². The van der Waals surface area contributed by atoms with Gasteiger partial charge in [0.05, 0.1) is 13.2 Å². The second kappa shape index (κ2) is 8.99. The Kier molecular flexibility index (Phi) is 7.45. The Morgan fingerprint density at radius 2 is 0.967 bits per heavy atom. The molecule has 2 saturated heterocycles. The number of ether oxygens (including phenoxy) is 2. The fraction of sp³-hybridized carbons (Fsp3) is 0.750. The van der Waals surface area contributed by atoms with Crippen LogP contribution in [-0.2, 0) is 19.1 Å². The number of aliphatic hydroxyl groups is 10. The van der Waals surface area contributed by atoms with Gasteiger partial charge in [0.25, 0.3) is 11.6 Å². The molecule has 2 aliphatic rings. The van der Waals surface area contributed by atoms with E-state index in [4.69, 9.17) is 19.7 Å². The van der Waals surface area contributed by atoms with Crippen molar-refractivity contribution in [3.63, 3.8) is 0 Å². The zero-order valence-corrected chi connectivity index (χ0v) is 15.3. The van der Waals surface area contributed by atoms with E-state index in [9.17, 15) is 50.4 Å². The molecule has 0 aliphatic carbocycles. The molecule has 0 amide bonds. The molecule has 2 rings (SSSR count). The third-order valence-corrected chi connectivity index (χ3v) is 5.02. The number of hydrogen-bond donors (Lipinski definition) is 10. The van der Waals surface area contributed by atoms with Gasteiger partial charge in [-0.15, -0.1) is 0 Å². The lowest BCUT2D eigenvalue weighted by Crippen LogP contribution is -2.68. The summed E-state index contributed by atoms with van der Waals surface area (Å²) >= 11 is 0. The first-order valence-corrected chi connectivity index (χ1v) is 8.72. The first kappa shape index (κ1) is 24.9. The third kappa shape index (κ3) is 4.05. The number of ketones is 2. The van der Waals surface area contributed by atoms with E-state index in [1.165, 1.54) is 0 Å². The number of aliphatic hydroxyl groups excluding tert-OH is 8. The molecule has 10 atom stereocenters. The predicted octanol–water partition coefficient (Wildman–Crippen LogP) is -6.99. The van der Waals surface area contributed by atoms with E-state index in [0.717, 1.165) is 0 Å². The van der Waals surface area contributed by atoms with Gasteiger partial charge in [0.15, 0.2) is 0 Å². The molecule has 0 aromatic heterocycles. The quantitative estimate of drug-likeness (QED) is 0.172. The molecule has 14 nitrogen and oxygen atoms in total. The largest absolute Gasteiger partial charge is 0.394 e. The molecule has 2 fully saturated rings. The molecule has 0 saturated carbocycles. The highest BCUT2D eigenvalue weighted by Gasteiger charge is 2.58. The van der Waals surface area contributed by atoms with Gasteiger partial charge in [-0.3, -0.25) is 9.59 Å². The van der Waals surface area contributed by atoms with Gasteiger partial charge >= 0.3 is 0 Å². The number of carbonyl (C=O) groups excluding carboxylic acids is 2. The van der Waals surface area contributed by atoms with Crippen LogP contribution in [0.1, 0.15) is 0 Å². The van der Waals surface area contributed by atoms with Crippen molar-refractivity contribution in [3.05, 3.63) is 12.2 Å². The topological polar surface area (TPSA) is 255 Å². The summed E-state index contributed by atoms with van der Waals surface area (Å²) in [5, 5.41) is 97.3. The van der Waals surface area contributed by atoms with Crippen molar-refractivity contribution in [1.29, 1.82) is 0 Å². The van der Waals surface area contributed by atoms with Crippen LogP contribution in [0, 0.1) is 0 Å². The van der Waals surface area contributed by atoms with Gasteiger partial charge in [0.1, 0.15) is 48.8 Å². The van der Waals surface area contributed by atoms with Gasteiger partial charge in [-0.05, 0) is 12.2 Å². The molecule has 2 heterocycles. The van der Waals surface area contributed by atoms with Gasteiger partial charge in [-0.25, -0.2) is 0 Å². The molecule has 0 aromatic rings.